The molecule has 0 unspecified atom stereocenters. The fourth-order valence-corrected chi connectivity index (χ4v) is 3.44. The highest BCUT2D eigenvalue weighted by Crippen LogP contribution is 2.45. The number of nitrogens with two attached hydrogens (primary N) is 1. The molecule has 2 aliphatic rings. The molecule has 1 aliphatic carbocycles. The summed E-state index contributed by atoms with van der Waals surface area (Å²) in [4.78, 5) is 12.2. The number of hydrogen-bond acceptors (Lipinski definition) is 3. The lowest BCUT2D eigenvalue weighted by Crippen LogP contribution is -2.62. The number of hydrogen-bond donors (Lipinski definition) is 3. The first-order chi connectivity index (χ1) is 8.18. The summed E-state index contributed by atoms with van der Waals surface area (Å²) < 4.78 is 0. The van der Waals surface area contributed by atoms with E-state index >= 15 is 0 Å². The molecular weight excluding hydrogens is 226 g/mol. The molecular formula is C14H27N3O. The lowest BCUT2D eigenvalue weighted by molar-refractivity contribution is -0.127. The standard InChI is InChI=1S/C14H27N3O/c1-12(2)7-10(8-13(3,4)17-12)16-11(18)14(9-15)5-6-14/h10,17H,5-9,15H2,1-4H3,(H,16,18). The van der Waals surface area contributed by atoms with E-state index in [0.717, 1.165) is 25.7 Å². The van der Waals surface area contributed by atoms with Crippen molar-refractivity contribution < 1.29 is 4.79 Å². The minimum atomic E-state index is -0.237. The normalized spacial score (nSPS) is 28.7. The molecule has 2 rings (SSSR count). The van der Waals surface area contributed by atoms with E-state index in [1.54, 1.807) is 0 Å². The van der Waals surface area contributed by atoms with Crippen LogP contribution in [0.4, 0.5) is 0 Å². The lowest BCUT2D eigenvalue weighted by atomic mass is 9.79. The molecule has 1 saturated carbocycles. The summed E-state index contributed by atoms with van der Waals surface area (Å²) in [6, 6.07) is 0.257. The van der Waals surface area contributed by atoms with Crippen LogP contribution in [0.2, 0.25) is 0 Å². The molecule has 4 nitrogen and oxygen atoms in total. The van der Waals surface area contributed by atoms with Crippen molar-refractivity contribution >= 4 is 5.91 Å². The van der Waals surface area contributed by atoms with Gasteiger partial charge in [0, 0.05) is 23.7 Å². The molecule has 0 aromatic rings. The minimum Gasteiger partial charge on any atom is -0.353 e. The topological polar surface area (TPSA) is 67.2 Å². The SMILES string of the molecule is CC1(C)CC(NC(=O)C2(CN)CC2)CC(C)(C)N1. The molecule has 4 N–H and O–H groups in total. The molecule has 1 saturated heterocycles. The zero-order valence-corrected chi connectivity index (χ0v) is 12.1. The monoisotopic (exact) mass is 253 g/mol. The van der Waals surface area contributed by atoms with Crippen LogP contribution >= 0.6 is 0 Å². The molecule has 0 aromatic carbocycles. The van der Waals surface area contributed by atoms with Crippen LogP contribution in [0, 0.1) is 5.41 Å². The lowest BCUT2D eigenvalue weighted by Gasteiger charge is -2.46. The Bertz CT molecular complexity index is 329. The number of rotatable bonds is 3. The zero-order valence-electron chi connectivity index (χ0n) is 12.1. The Morgan fingerprint density at radius 3 is 2.11 bits per heavy atom. The second kappa shape index (κ2) is 4.20. The summed E-state index contributed by atoms with van der Waals surface area (Å²) in [6.45, 7) is 9.27. The van der Waals surface area contributed by atoms with Gasteiger partial charge >= 0.3 is 0 Å². The molecule has 0 bridgehead atoms. The molecule has 1 amide bonds. The van der Waals surface area contributed by atoms with Crippen LogP contribution in [-0.4, -0.2) is 29.6 Å². The molecule has 0 radical (unpaired) electrons. The molecule has 1 aliphatic heterocycles. The van der Waals surface area contributed by atoms with Crippen LogP contribution < -0.4 is 16.4 Å². The maximum Gasteiger partial charge on any atom is 0.227 e. The molecule has 0 atom stereocenters. The van der Waals surface area contributed by atoms with Gasteiger partial charge in [-0.2, -0.15) is 0 Å². The summed E-state index contributed by atoms with van der Waals surface area (Å²) in [6.07, 6.45) is 3.85. The largest absolute Gasteiger partial charge is 0.353 e. The number of piperidine rings is 1. The van der Waals surface area contributed by atoms with Gasteiger partial charge in [-0.3, -0.25) is 4.79 Å². The summed E-state index contributed by atoms with van der Waals surface area (Å²) in [5, 5.41) is 6.85. The number of carbonyl (C=O) groups is 1. The Morgan fingerprint density at radius 2 is 1.72 bits per heavy atom. The van der Waals surface area contributed by atoms with Crippen LogP contribution in [0.3, 0.4) is 0 Å². The van der Waals surface area contributed by atoms with Gasteiger partial charge < -0.3 is 16.4 Å². The van der Waals surface area contributed by atoms with Gasteiger partial charge in [-0.15, -0.1) is 0 Å². The van der Waals surface area contributed by atoms with E-state index in [1.165, 1.54) is 0 Å². The molecule has 18 heavy (non-hydrogen) atoms. The molecule has 0 spiro atoms. The van der Waals surface area contributed by atoms with E-state index in [1.807, 2.05) is 0 Å². The van der Waals surface area contributed by atoms with E-state index in [9.17, 15) is 4.79 Å². The van der Waals surface area contributed by atoms with E-state index in [2.05, 4.69) is 38.3 Å². The maximum absolute atomic E-state index is 12.2. The van der Waals surface area contributed by atoms with Crippen molar-refractivity contribution in [1.82, 2.24) is 10.6 Å². The summed E-state index contributed by atoms with van der Waals surface area (Å²) >= 11 is 0. The predicted molar refractivity (Wildman–Crippen MR) is 73.2 cm³/mol. The van der Waals surface area contributed by atoms with Gasteiger partial charge in [0.1, 0.15) is 0 Å². The molecule has 4 heteroatoms. The highest BCUT2D eigenvalue weighted by atomic mass is 16.2. The summed E-state index contributed by atoms with van der Waals surface area (Å²) in [5.74, 6) is 0.170. The quantitative estimate of drug-likeness (QED) is 0.707. The van der Waals surface area contributed by atoms with E-state index in [4.69, 9.17) is 5.73 Å². The van der Waals surface area contributed by atoms with Gasteiger partial charge in [0.25, 0.3) is 0 Å². The average molecular weight is 253 g/mol. The van der Waals surface area contributed by atoms with Crippen molar-refractivity contribution in [2.45, 2.75) is 70.5 Å². The first-order valence-electron chi connectivity index (χ1n) is 6.99. The average Bonchev–Trinajstić information content (AvgIpc) is 2.92. The number of carbonyl (C=O) groups excluding carboxylic acids is 1. The fraction of sp³-hybridized carbons (Fsp3) is 0.929. The van der Waals surface area contributed by atoms with E-state index in [-0.39, 0.29) is 28.4 Å². The highest BCUT2D eigenvalue weighted by Gasteiger charge is 2.49. The van der Waals surface area contributed by atoms with Crippen LogP contribution in [-0.2, 0) is 4.79 Å². The molecule has 0 aromatic heterocycles. The third-order valence-corrected chi connectivity index (χ3v) is 4.25. The van der Waals surface area contributed by atoms with E-state index < -0.39 is 0 Å². The summed E-state index contributed by atoms with van der Waals surface area (Å²) in [7, 11) is 0. The Morgan fingerprint density at radius 1 is 1.22 bits per heavy atom. The molecule has 1 heterocycles. The van der Waals surface area contributed by atoms with Crippen molar-refractivity contribution in [3.05, 3.63) is 0 Å². The van der Waals surface area contributed by atoms with Gasteiger partial charge in [-0.25, -0.2) is 0 Å². The Balaban J connectivity index is 1.99. The van der Waals surface area contributed by atoms with Crippen molar-refractivity contribution in [2.24, 2.45) is 11.1 Å². The minimum absolute atomic E-state index is 0.0686. The second-order valence-corrected chi connectivity index (χ2v) is 7.46. The number of amides is 1. The maximum atomic E-state index is 12.2. The third-order valence-electron chi connectivity index (χ3n) is 4.25. The second-order valence-electron chi connectivity index (χ2n) is 7.46. The van der Waals surface area contributed by atoms with Gasteiger partial charge in [-0.05, 0) is 53.4 Å². The van der Waals surface area contributed by atoms with E-state index in [0.29, 0.717) is 6.54 Å². The van der Waals surface area contributed by atoms with Gasteiger partial charge in [0.2, 0.25) is 5.91 Å². The van der Waals surface area contributed by atoms with Gasteiger partial charge in [0.15, 0.2) is 0 Å². The Labute approximate surface area is 110 Å². The fourth-order valence-electron chi connectivity index (χ4n) is 3.44. The summed E-state index contributed by atoms with van der Waals surface area (Å²) in [5.41, 5.74) is 5.61. The van der Waals surface area contributed by atoms with Gasteiger partial charge in [-0.1, -0.05) is 0 Å². The van der Waals surface area contributed by atoms with Crippen molar-refractivity contribution in [1.29, 1.82) is 0 Å². The molecule has 104 valence electrons. The Hall–Kier alpha value is -0.610. The van der Waals surface area contributed by atoms with Crippen LogP contribution in [0.1, 0.15) is 53.4 Å². The predicted octanol–water partition coefficient (Wildman–Crippen LogP) is 1.15. The number of nitrogens with one attached hydrogen (secondary N) is 2. The van der Waals surface area contributed by atoms with Crippen molar-refractivity contribution in [3.63, 3.8) is 0 Å². The first kappa shape index (κ1) is 13.8. The van der Waals surface area contributed by atoms with Crippen LogP contribution in [0.15, 0.2) is 0 Å². The van der Waals surface area contributed by atoms with Gasteiger partial charge in [0.05, 0.1) is 5.41 Å². The first-order valence-corrected chi connectivity index (χ1v) is 6.99. The smallest absolute Gasteiger partial charge is 0.227 e. The third kappa shape index (κ3) is 2.86. The van der Waals surface area contributed by atoms with Crippen LogP contribution in [0.5, 0.6) is 0 Å². The van der Waals surface area contributed by atoms with Crippen LogP contribution in [0.25, 0.3) is 0 Å². The van der Waals surface area contributed by atoms with Crippen molar-refractivity contribution in [3.8, 4) is 0 Å². The molecule has 2 fully saturated rings. The Kier molecular flexibility index (Phi) is 3.23. The zero-order chi connectivity index (χ0) is 13.6. The van der Waals surface area contributed by atoms with Crippen molar-refractivity contribution in [2.75, 3.05) is 6.54 Å². The highest BCUT2D eigenvalue weighted by molar-refractivity contribution is 5.85.